The van der Waals surface area contributed by atoms with E-state index in [1.54, 1.807) is 0 Å². The Morgan fingerprint density at radius 1 is 0.870 bits per heavy atom. The highest BCUT2D eigenvalue weighted by Crippen LogP contribution is 1.91. The van der Waals surface area contributed by atoms with Gasteiger partial charge < -0.3 is 28.1 Å². The van der Waals surface area contributed by atoms with E-state index in [-0.39, 0.29) is 40.0 Å². The fourth-order valence-electron chi connectivity index (χ4n) is 1.12. The Hall–Kier alpha value is -1.52. The molecule has 23 heavy (non-hydrogen) atoms. The molecule has 0 rings (SSSR count). The second-order valence-electron chi connectivity index (χ2n) is 4.14. The third-order valence-corrected chi connectivity index (χ3v) is 3.64. The smallest absolute Gasteiger partial charge is 0.330 e. The molecule has 0 N–H and O–H groups in total. The van der Waals surface area contributed by atoms with Crippen LogP contribution in [0.15, 0.2) is 25.3 Å². The van der Waals surface area contributed by atoms with Crippen molar-refractivity contribution in [3.05, 3.63) is 25.3 Å². The van der Waals surface area contributed by atoms with Gasteiger partial charge in [-0.3, -0.25) is 0 Å². The zero-order valence-corrected chi connectivity index (χ0v) is 14.5. The number of carbonyl (C=O) groups is 2. The highest BCUT2D eigenvalue weighted by molar-refractivity contribution is 6.49. The third kappa shape index (κ3) is 15.2. The summed E-state index contributed by atoms with van der Waals surface area (Å²) in [5, 5.41) is 0. The molecule has 0 aromatic heterocycles. The molecule has 0 fully saturated rings. The van der Waals surface area contributed by atoms with Crippen molar-refractivity contribution in [3.63, 3.8) is 0 Å². The van der Waals surface area contributed by atoms with E-state index in [4.69, 9.17) is 28.1 Å². The molecule has 0 aromatic rings. The lowest BCUT2D eigenvalue weighted by Crippen LogP contribution is -2.24. The summed E-state index contributed by atoms with van der Waals surface area (Å²) in [6, 6.07) is 0. The molecule has 0 heterocycles. The van der Waals surface area contributed by atoms with E-state index in [1.807, 2.05) is 6.55 Å². The summed E-state index contributed by atoms with van der Waals surface area (Å²) in [6.45, 7) is 9.56. The molecule has 132 valence electrons. The summed E-state index contributed by atoms with van der Waals surface area (Å²) in [5.74, 6) is -0.965. The summed E-state index contributed by atoms with van der Waals surface area (Å²) in [4.78, 5) is 21.5. The van der Waals surface area contributed by atoms with Gasteiger partial charge >= 0.3 is 11.9 Å². The van der Waals surface area contributed by atoms with Gasteiger partial charge in [-0.1, -0.05) is 13.2 Å². The Morgan fingerprint density at radius 3 is 1.91 bits per heavy atom. The highest BCUT2D eigenvalue weighted by atomic mass is 28.3. The van der Waals surface area contributed by atoms with Gasteiger partial charge in [0.2, 0.25) is 9.04 Å². The van der Waals surface area contributed by atoms with Crippen LogP contribution in [0, 0.1) is 0 Å². The number of hydrogen-bond donors (Lipinski definition) is 0. The minimum absolute atomic E-state index is 0.102. The molecular formula is C14H24O8Si. The van der Waals surface area contributed by atoms with Gasteiger partial charge in [0.1, 0.15) is 26.8 Å². The van der Waals surface area contributed by atoms with Crippen LogP contribution in [0.3, 0.4) is 0 Å². The Balaban J connectivity index is 3.29. The van der Waals surface area contributed by atoms with E-state index in [0.29, 0.717) is 6.23 Å². The predicted molar refractivity (Wildman–Crippen MR) is 84.0 cm³/mol. The molecule has 0 spiro atoms. The van der Waals surface area contributed by atoms with Crippen LogP contribution in [0.4, 0.5) is 0 Å². The predicted octanol–water partition coefficient (Wildman–Crippen LogP) is 0.319. The lowest BCUT2D eigenvalue weighted by Gasteiger charge is -2.12. The van der Waals surface area contributed by atoms with Gasteiger partial charge in [0, 0.05) is 12.2 Å². The van der Waals surface area contributed by atoms with E-state index in [9.17, 15) is 9.59 Å². The first-order chi connectivity index (χ1) is 11.1. The van der Waals surface area contributed by atoms with Crippen LogP contribution >= 0.6 is 0 Å². The largest absolute Gasteiger partial charge is 0.460 e. The number of hydrogen-bond acceptors (Lipinski definition) is 8. The van der Waals surface area contributed by atoms with Crippen LogP contribution in [-0.4, -0.2) is 67.2 Å². The summed E-state index contributed by atoms with van der Waals surface area (Å²) in [5.41, 5.74) is 0. The number of ether oxygens (including phenoxy) is 5. The second kappa shape index (κ2) is 15.4. The molecule has 0 aliphatic rings. The molecule has 9 heteroatoms. The lowest BCUT2D eigenvalue weighted by atomic mass is 10.6. The van der Waals surface area contributed by atoms with Crippen LogP contribution in [0.25, 0.3) is 0 Å². The molecule has 0 aliphatic carbocycles. The maximum atomic E-state index is 10.7. The topological polar surface area (TPSA) is 89.5 Å². The Bertz CT molecular complexity index is 361. The Morgan fingerprint density at radius 2 is 1.39 bits per heavy atom. The van der Waals surface area contributed by atoms with E-state index in [2.05, 4.69) is 13.2 Å². The molecule has 1 atom stereocenters. The monoisotopic (exact) mass is 348 g/mol. The Kier molecular flexibility index (Phi) is 14.4. The molecule has 0 saturated carbocycles. The van der Waals surface area contributed by atoms with Gasteiger partial charge in [-0.15, -0.1) is 0 Å². The van der Waals surface area contributed by atoms with E-state index < -0.39 is 21.0 Å². The van der Waals surface area contributed by atoms with Crippen molar-refractivity contribution in [3.8, 4) is 0 Å². The molecule has 0 bridgehead atoms. The van der Waals surface area contributed by atoms with E-state index in [1.165, 1.54) is 0 Å². The van der Waals surface area contributed by atoms with Crippen molar-refractivity contribution in [2.24, 2.45) is 0 Å². The standard InChI is InChI=1S/C14H24O8Si/c1-4-13(15)20-8-6-17-10-19-12-23(3)22-11-18-7-9-21-14(16)5-2/h4-5,23H,1-2,6-12H2,3H3. The van der Waals surface area contributed by atoms with Gasteiger partial charge in [0.15, 0.2) is 0 Å². The van der Waals surface area contributed by atoms with Crippen LogP contribution < -0.4 is 0 Å². The molecule has 0 radical (unpaired) electrons. The van der Waals surface area contributed by atoms with E-state index in [0.717, 1.165) is 12.2 Å². The maximum Gasteiger partial charge on any atom is 0.330 e. The summed E-state index contributed by atoms with van der Waals surface area (Å²) < 4.78 is 30.4. The van der Waals surface area contributed by atoms with Gasteiger partial charge in [-0.05, 0) is 6.55 Å². The first-order valence-electron chi connectivity index (χ1n) is 7.03. The molecular weight excluding hydrogens is 324 g/mol. The lowest BCUT2D eigenvalue weighted by molar-refractivity contribution is -0.141. The first-order valence-corrected chi connectivity index (χ1v) is 9.47. The van der Waals surface area contributed by atoms with Gasteiger partial charge in [0.25, 0.3) is 0 Å². The summed E-state index contributed by atoms with van der Waals surface area (Å²) in [7, 11) is -1.51. The average molecular weight is 348 g/mol. The fraction of sp³-hybridized carbons (Fsp3) is 0.571. The quantitative estimate of drug-likeness (QED) is 0.137. The van der Waals surface area contributed by atoms with Crippen molar-refractivity contribution >= 4 is 21.0 Å². The molecule has 0 aliphatic heterocycles. The van der Waals surface area contributed by atoms with Crippen molar-refractivity contribution in [1.82, 2.24) is 0 Å². The zero-order valence-electron chi connectivity index (χ0n) is 13.4. The van der Waals surface area contributed by atoms with Crippen LogP contribution in [-0.2, 0) is 37.7 Å². The normalized spacial score (nSPS) is 11.5. The van der Waals surface area contributed by atoms with Crippen LogP contribution in [0.1, 0.15) is 0 Å². The van der Waals surface area contributed by atoms with Gasteiger partial charge in [-0.2, -0.15) is 0 Å². The second-order valence-corrected chi connectivity index (χ2v) is 6.43. The third-order valence-electron chi connectivity index (χ3n) is 2.23. The zero-order chi connectivity index (χ0) is 17.3. The average Bonchev–Trinajstić information content (AvgIpc) is 2.56. The Labute approximate surface area is 137 Å². The van der Waals surface area contributed by atoms with Crippen molar-refractivity contribution in [2.45, 2.75) is 6.55 Å². The van der Waals surface area contributed by atoms with Crippen LogP contribution in [0.5, 0.6) is 0 Å². The summed E-state index contributed by atoms with van der Waals surface area (Å²) in [6.07, 6.45) is 2.64. The van der Waals surface area contributed by atoms with Crippen molar-refractivity contribution in [2.75, 3.05) is 46.2 Å². The maximum absolute atomic E-state index is 10.7. The van der Waals surface area contributed by atoms with Crippen molar-refractivity contribution < 1.29 is 37.7 Å². The SMILES string of the molecule is C=CC(=O)OCCOCOC[SiH](C)OCOCCOC(=O)C=C. The number of carbonyl (C=O) groups excluding carboxylic acids is 2. The number of esters is 2. The minimum atomic E-state index is -1.51. The van der Waals surface area contributed by atoms with Gasteiger partial charge in [-0.25, -0.2) is 9.59 Å². The molecule has 0 aromatic carbocycles. The van der Waals surface area contributed by atoms with Crippen LogP contribution in [0.2, 0.25) is 6.55 Å². The fourth-order valence-corrected chi connectivity index (χ4v) is 1.98. The molecule has 1 unspecified atom stereocenters. The first kappa shape index (κ1) is 21.5. The molecule has 8 nitrogen and oxygen atoms in total. The van der Waals surface area contributed by atoms with Gasteiger partial charge in [0.05, 0.1) is 19.4 Å². The van der Waals surface area contributed by atoms with E-state index >= 15 is 0 Å². The highest BCUT2D eigenvalue weighted by Gasteiger charge is 2.05. The molecule has 0 saturated heterocycles. The summed E-state index contributed by atoms with van der Waals surface area (Å²) >= 11 is 0. The minimum Gasteiger partial charge on any atom is -0.460 e. The molecule has 0 amide bonds. The number of rotatable bonds is 15. The van der Waals surface area contributed by atoms with Crippen molar-refractivity contribution in [1.29, 1.82) is 0 Å².